The van der Waals surface area contributed by atoms with Crippen molar-refractivity contribution in [2.75, 3.05) is 33.9 Å². The Labute approximate surface area is 161 Å². The van der Waals surface area contributed by atoms with Gasteiger partial charge in [-0.3, -0.25) is 4.79 Å². The summed E-state index contributed by atoms with van der Waals surface area (Å²) in [6, 6.07) is 9.76. The largest absolute Gasteiger partial charge is 0.467 e. The molecule has 0 radical (unpaired) electrons. The minimum Gasteiger partial charge on any atom is -0.467 e. The van der Waals surface area contributed by atoms with Crippen molar-refractivity contribution in [3.8, 4) is 0 Å². The molecule has 0 bridgehead atoms. The maximum atomic E-state index is 12.6. The third-order valence-corrected chi connectivity index (χ3v) is 6.07. The van der Waals surface area contributed by atoms with E-state index in [1.807, 2.05) is 0 Å². The van der Waals surface area contributed by atoms with Gasteiger partial charge in [0.2, 0.25) is 15.9 Å². The molecule has 0 saturated heterocycles. The van der Waals surface area contributed by atoms with Crippen molar-refractivity contribution in [2.24, 2.45) is 0 Å². The van der Waals surface area contributed by atoms with Crippen LogP contribution in [0.15, 0.2) is 56.4 Å². The first-order chi connectivity index (χ1) is 12.3. The first-order valence-corrected chi connectivity index (χ1v) is 10.1. The van der Waals surface area contributed by atoms with Gasteiger partial charge in [-0.15, -0.1) is 0 Å². The highest BCUT2D eigenvalue weighted by molar-refractivity contribution is 9.10. The fourth-order valence-corrected chi connectivity index (χ4v) is 3.63. The van der Waals surface area contributed by atoms with E-state index in [1.54, 1.807) is 31.4 Å². The Morgan fingerprint density at radius 2 is 1.92 bits per heavy atom. The summed E-state index contributed by atoms with van der Waals surface area (Å²) in [7, 11) is -0.830. The number of rotatable bonds is 9. The molecule has 1 amide bonds. The molecule has 2 aromatic rings. The van der Waals surface area contributed by atoms with Gasteiger partial charge in [0.05, 0.1) is 30.9 Å². The topological polar surface area (TPSA) is 80.1 Å². The Hall–Kier alpha value is -1.68. The van der Waals surface area contributed by atoms with E-state index in [0.717, 1.165) is 8.78 Å². The van der Waals surface area contributed by atoms with Gasteiger partial charge in [0, 0.05) is 25.2 Å². The number of carbonyl (C=O) groups excluding carboxylic acids is 1. The number of amides is 1. The minimum atomic E-state index is -3.76. The molecule has 0 aliphatic carbocycles. The molecule has 142 valence electrons. The van der Waals surface area contributed by atoms with Crippen molar-refractivity contribution in [3.05, 3.63) is 52.9 Å². The van der Waals surface area contributed by atoms with Crippen LogP contribution in [0.2, 0.25) is 0 Å². The van der Waals surface area contributed by atoms with Crippen LogP contribution in [0.5, 0.6) is 0 Å². The third kappa shape index (κ3) is 5.41. The maximum absolute atomic E-state index is 12.6. The van der Waals surface area contributed by atoms with Crippen LogP contribution >= 0.6 is 15.9 Å². The maximum Gasteiger partial charge on any atom is 0.243 e. The van der Waals surface area contributed by atoms with Gasteiger partial charge in [0.15, 0.2) is 0 Å². The number of likely N-dealkylation sites (N-methyl/N-ethyl adjacent to an activating group) is 1. The van der Waals surface area contributed by atoms with Gasteiger partial charge in [-0.25, -0.2) is 8.42 Å². The highest BCUT2D eigenvalue weighted by Crippen LogP contribution is 2.18. The van der Waals surface area contributed by atoms with Crippen LogP contribution in [0.4, 0.5) is 0 Å². The number of ether oxygens (including phenoxy) is 1. The van der Waals surface area contributed by atoms with E-state index in [-0.39, 0.29) is 23.9 Å². The predicted molar refractivity (Wildman–Crippen MR) is 100.0 cm³/mol. The van der Waals surface area contributed by atoms with Gasteiger partial charge in [-0.05, 0) is 36.4 Å². The fraction of sp³-hybridized carbons (Fsp3) is 0.353. The number of hydrogen-bond donors (Lipinski definition) is 0. The average molecular weight is 445 g/mol. The second-order valence-corrected chi connectivity index (χ2v) is 8.56. The second-order valence-electron chi connectivity index (χ2n) is 5.60. The van der Waals surface area contributed by atoms with Crippen molar-refractivity contribution in [1.29, 1.82) is 0 Å². The number of carbonyl (C=O) groups is 1. The molecule has 0 fully saturated rings. The summed E-state index contributed by atoms with van der Waals surface area (Å²) in [4.78, 5) is 14.3. The Balaban J connectivity index is 2.09. The van der Waals surface area contributed by atoms with E-state index < -0.39 is 10.0 Å². The van der Waals surface area contributed by atoms with Gasteiger partial charge in [0.25, 0.3) is 0 Å². The van der Waals surface area contributed by atoms with E-state index in [0.29, 0.717) is 18.9 Å². The van der Waals surface area contributed by atoms with Gasteiger partial charge in [-0.2, -0.15) is 4.31 Å². The van der Waals surface area contributed by atoms with E-state index in [9.17, 15) is 13.2 Å². The number of halogens is 1. The van der Waals surface area contributed by atoms with Crippen LogP contribution < -0.4 is 0 Å². The van der Waals surface area contributed by atoms with Crippen molar-refractivity contribution in [3.63, 3.8) is 0 Å². The number of methoxy groups -OCH3 is 1. The Morgan fingerprint density at radius 1 is 1.23 bits per heavy atom. The van der Waals surface area contributed by atoms with Crippen LogP contribution in [0.25, 0.3) is 0 Å². The van der Waals surface area contributed by atoms with Crippen molar-refractivity contribution in [1.82, 2.24) is 9.21 Å². The molecular formula is C17H21BrN2O5S. The first-order valence-electron chi connectivity index (χ1n) is 7.85. The molecule has 0 unspecified atom stereocenters. The van der Waals surface area contributed by atoms with Gasteiger partial charge >= 0.3 is 0 Å². The van der Waals surface area contributed by atoms with Gasteiger partial charge in [-0.1, -0.05) is 15.9 Å². The van der Waals surface area contributed by atoms with E-state index in [2.05, 4.69) is 15.9 Å². The number of furan rings is 1. The highest BCUT2D eigenvalue weighted by Gasteiger charge is 2.25. The summed E-state index contributed by atoms with van der Waals surface area (Å²) in [5, 5.41) is 0. The molecule has 2 rings (SSSR count). The van der Waals surface area contributed by atoms with Crippen LogP contribution in [-0.2, 0) is 26.1 Å². The molecule has 0 atom stereocenters. The molecule has 0 saturated carbocycles. The summed E-state index contributed by atoms with van der Waals surface area (Å²) >= 11 is 3.27. The van der Waals surface area contributed by atoms with Crippen LogP contribution in [0, 0.1) is 0 Å². The zero-order valence-electron chi connectivity index (χ0n) is 14.6. The monoisotopic (exact) mass is 444 g/mol. The van der Waals surface area contributed by atoms with Gasteiger partial charge < -0.3 is 14.1 Å². The lowest BCUT2D eigenvalue weighted by Crippen LogP contribution is -2.42. The molecule has 1 aromatic carbocycles. The number of benzene rings is 1. The van der Waals surface area contributed by atoms with Crippen molar-refractivity contribution in [2.45, 2.75) is 11.4 Å². The quantitative estimate of drug-likeness (QED) is 0.592. The Kier molecular flexibility index (Phi) is 7.39. The molecule has 0 aliphatic heterocycles. The summed E-state index contributed by atoms with van der Waals surface area (Å²) < 4.78 is 37.4. The standard InChI is InChI=1S/C17H21BrN2O5S/c1-19(26(22,23)16-7-5-14(18)6-8-16)13-17(21)20(9-11-24-2)12-15-4-3-10-25-15/h3-8,10H,9,11-13H2,1-2H3. The van der Waals surface area contributed by atoms with Crippen LogP contribution in [-0.4, -0.2) is 57.4 Å². The molecule has 0 spiro atoms. The smallest absolute Gasteiger partial charge is 0.243 e. The lowest BCUT2D eigenvalue weighted by Gasteiger charge is -2.24. The zero-order valence-corrected chi connectivity index (χ0v) is 17.0. The molecule has 7 nitrogen and oxygen atoms in total. The molecule has 9 heteroatoms. The Bertz CT molecular complexity index is 806. The second kappa shape index (κ2) is 9.31. The molecule has 0 N–H and O–H groups in total. The SMILES string of the molecule is COCCN(Cc1ccco1)C(=O)CN(C)S(=O)(=O)c1ccc(Br)cc1. The molecule has 0 aliphatic rings. The van der Waals surface area contributed by atoms with Gasteiger partial charge in [0.1, 0.15) is 5.76 Å². The van der Waals surface area contributed by atoms with Crippen molar-refractivity contribution >= 4 is 31.9 Å². The molecular weight excluding hydrogens is 424 g/mol. The van der Waals surface area contributed by atoms with E-state index in [4.69, 9.17) is 9.15 Å². The number of hydrogen-bond acceptors (Lipinski definition) is 5. The van der Waals surface area contributed by atoms with Crippen LogP contribution in [0.1, 0.15) is 5.76 Å². The molecule has 1 aromatic heterocycles. The summed E-state index contributed by atoms with van der Waals surface area (Å²) in [5.74, 6) is 0.287. The summed E-state index contributed by atoms with van der Waals surface area (Å²) in [5.41, 5.74) is 0. The third-order valence-electron chi connectivity index (χ3n) is 3.72. The first kappa shape index (κ1) is 20.6. The normalized spacial score (nSPS) is 11.7. The highest BCUT2D eigenvalue weighted by atomic mass is 79.9. The lowest BCUT2D eigenvalue weighted by molar-refractivity contribution is -0.132. The predicted octanol–water partition coefficient (Wildman–Crippen LogP) is 2.34. The summed E-state index contributed by atoms with van der Waals surface area (Å²) in [6.07, 6.45) is 1.53. The molecule has 26 heavy (non-hydrogen) atoms. The minimum absolute atomic E-state index is 0.130. The van der Waals surface area contributed by atoms with Crippen molar-refractivity contribution < 1.29 is 22.4 Å². The number of nitrogens with zero attached hydrogens (tertiary/aromatic N) is 2. The van der Waals surface area contributed by atoms with E-state index >= 15 is 0 Å². The van der Waals surface area contributed by atoms with Crippen LogP contribution in [0.3, 0.4) is 0 Å². The average Bonchev–Trinajstić information content (AvgIpc) is 3.11. The molecule has 1 heterocycles. The zero-order chi connectivity index (χ0) is 19.2. The summed E-state index contributed by atoms with van der Waals surface area (Å²) in [6.45, 7) is 0.655. The fourth-order valence-electron chi connectivity index (χ4n) is 2.25. The number of sulfonamides is 1. The lowest BCUT2D eigenvalue weighted by atomic mass is 10.3. The Morgan fingerprint density at radius 3 is 2.50 bits per heavy atom. The van der Waals surface area contributed by atoms with E-state index in [1.165, 1.54) is 30.3 Å².